The molecule has 2 N–H and O–H groups in total. The minimum Gasteiger partial charge on any atom is -0.423 e. The molecule has 1 atom stereocenters. The Morgan fingerprint density at radius 2 is 1.56 bits per heavy atom. The van der Waals surface area contributed by atoms with Crippen molar-refractivity contribution in [1.82, 2.24) is 10.1 Å². The zero-order valence-electron chi connectivity index (χ0n) is 19.9. The Labute approximate surface area is 218 Å². The number of hydrazone groups is 1. The molecule has 0 saturated carbocycles. The second kappa shape index (κ2) is 12.1. The monoisotopic (exact) mass is 571 g/mol. The van der Waals surface area contributed by atoms with Gasteiger partial charge in [0.2, 0.25) is 10.0 Å². The van der Waals surface area contributed by atoms with Gasteiger partial charge < -0.3 is 4.74 Å². The molecule has 0 aliphatic heterocycles. The van der Waals surface area contributed by atoms with Crippen molar-refractivity contribution in [2.24, 2.45) is 11.0 Å². The normalized spacial score (nSPS) is 12.5. The molecule has 0 unspecified atom stereocenters. The van der Waals surface area contributed by atoms with Crippen LogP contribution in [0.3, 0.4) is 0 Å². The zero-order valence-corrected chi connectivity index (χ0v) is 22.3. The number of benzene rings is 3. The van der Waals surface area contributed by atoms with Crippen LogP contribution in [0.5, 0.6) is 5.75 Å². The fourth-order valence-corrected chi connectivity index (χ4v) is 4.67. The van der Waals surface area contributed by atoms with Gasteiger partial charge in [0.05, 0.1) is 16.7 Å². The van der Waals surface area contributed by atoms with Crippen LogP contribution in [0, 0.1) is 12.8 Å². The largest absolute Gasteiger partial charge is 0.423 e. The molecule has 0 aliphatic carbocycles. The van der Waals surface area contributed by atoms with Gasteiger partial charge in [-0.1, -0.05) is 47.5 Å². The standard InChI is InChI=1S/C26H26BrN3O5S/c1-17(2)24(30-36(33,34)23-14-4-18(3)5-15-23)25(31)29-28-16-19-6-12-22(13-7-19)35-26(32)20-8-10-21(27)11-9-20/h4-17,24,30H,1-3H3,(H,29,31)/b28-16-/t24-/m1/s1. The van der Waals surface area contributed by atoms with Crippen molar-refractivity contribution in [1.29, 1.82) is 0 Å². The molecule has 8 nitrogen and oxygen atoms in total. The lowest BCUT2D eigenvalue weighted by Gasteiger charge is -2.20. The molecule has 3 aromatic carbocycles. The Kier molecular flexibility index (Phi) is 9.14. The number of carbonyl (C=O) groups excluding carboxylic acids is 2. The Morgan fingerprint density at radius 3 is 2.14 bits per heavy atom. The lowest BCUT2D eigenvalue weighted by atomic mass is 10.1. The average Bonchev–Trinajstić information content (AvgIpc) is 2.84. The van der Waals surface area contributed by atoms with E-state index in [9.17, 15) is 18.0 Å². The molecule has 1 amide bonds. The predicted molar refractivity (Wildman–Crippen MR) is 141 cm³/mol. The Hall–Kier alpha value is -3.34. The molecule has 0 radical (unpaired) electrons. The highest BCUT2D eigenvalue weighted by Crippen LogP contribution is 2.16. The smallest absolute Gasteiger partial charge is 0.343 e. The molecule has 0 saturated heterocycles. The maximum absolute atomic E-state index is 12.7. The first-order valence-corrected chi connectivity index (χ1v) is 13.3. The summed E-state index contributed by atoms with van der Waals surface area (Å²) in [7, 11) is -3.89. The van der Waals surface area contributed by atoms with Gasteiger partial charge in [-0.05, 0) is 79.1 Å². The molecular weight excluding hydrogens is 546 g/mol. The van der Waals surface area contributed by atoms with Crippen LogP contribution in [0.15, 0.2) is 87.3 Å². The van der Waals surface area contributed by atoms with Gasteiger partial charge in [0, 0.05) is 4.47 Å². The van der Waals surface area contributed by atoms with Gasteiger partial charge in [-0.2, -0.15) is 9.82 Å². The third-order valence-corrected chi connectivity index (χ3v) is 7.11. The summed E-state index contributed by atoms with van der Waals surface area (Å²) in [5.41, 5.74) is 4.37. The number of halogens is 1. The fourth-order valence-electron chi connectivity index (χ4n) is 3.06. The van der Waals surface area contributed by atoms with Gasteiger partial charge >= 0.3 is 5.97 Å². The maximum Gasteiger partial charge on any atom is 0.343 e. The summed E-state index contributed by atoms with van der Waals surface area (Å²) in [5, 5.41) is 3.93. The summed E-state index contributed by atoms with van der Waals surface area (Å²) in [4.78, 5) is 25.0. The van der Waals surface area contributed by atoms with Crippen LogP contribution >= 0.6 is 15.9 Å². The molecule has 0 heterocycles. The van der Waals surface area contributed by atoms with Crippen LogP contribution in [0.1, 0.15) is 35.3 Å². The van der Waals surface area contributed by atoms with E-state index in [4.69, 9.17) is 4.74 Å². The topological polar surface area (TPSA) is 114 Å². The van der Waals surface area contributed by atoms with Gasteiger partial charge in [0.25, 0.3) is 5.91 Å². The Morgan fingerprint density at radius 1 is 0.944 bits per heavy atom. The minimum absolute atomic E-state index is 0.0796. The number of aryl methyl sites for hydroxylation is 1. The first-order chi connectivity index (χ1) is 17.0. The van der Waals surface area contributed by atoms with Gasteiger partial charge in [0.15, 0.2) is 0 Å². The molecule has 36 heavy (non-hydrogen) atoms. The predicted octanol–water partition coefficient (Wildman–Crippen LogP) is 4.43. The number of carbonyl (C=O) groups is 2. The number of nitrogens with one attached hydrogen (secondary N) is 2. The van der Waals surface area contributed by atoms with Crippen LogP contribution in [-0.4, -0.2) is 32.6 Å². The minimum atomic E-state index is -3.89. The van der Waals surface area contributed by atoms with Crippen LogP contribution in [-0.2, 0) is 14.8 Å². The molecule has 188 valence electrons. The lowest BCUT2D eigenvalue weighted by Crippen LogP contribution is -2.48. The van der Waals surface area contributed by atoms with Crippen LogP contribution in [0.4, 0.5) is 0 Å². The van der Waals surface area contributed by atoms with Crippen LogP contribution < -0.4 is 14.9 Å². The van der Waals surface area contributed by atoms with Crippen molar-refractivity contribution in [3.63, 3.8) is 0 Å². The summed E-state index contributed by atoms with van der Waals surface area (Å²) in [5.74, 6) is -1.03. The van der Waals surface area contributed by atoms with Crippen molar-refractivity contribution in [2.75, 3.05) is 0 Å². The Balaban J connectivity index is 1.59. The van der Waals surface area contributed by atoms with E-state index in [1.54, 1.807) is 74.5 Å². The third-order valence-electron chi connectivity index (χ3n) is 5.12. The molecule has 10 heteroatoms. The zero-order chi connectivity index (χ0) is 26.3. The van der Waals surface area contributed by atoms with Gasteiger partial charge in [-0.25, -0.2) is 18.6 Å². The van der Waals surface area contributed by atoms with E-state index in [1.807, 2.05) is 6.92 Å². The van der Waals surface area contributed by atoms with E-state index < -0.39 is 27.9 Å². The van der Waals surface area contributed by atoms with E-state index in [1.165, 1.54) is 18.3 Å². The van der Waals surface area contributed by atoms with E-state index in [0.717, 1.165) is 10.0 Å². The molecule has 0 spiro atoms. The lowest BCUT2D eigenvalue weighted by molar-refractivity contribution is -0.123. The Bertz CT molecular complexity index is 1340. The summed E-state index contributed by atoms with van der Waals surface area (Å²) in [6.45, 7) is 5.33. The molecule has 0 aliphatic rings. The second-order valence-corrected chi connectivity index (χ2v) is 11.0. The molecule has 0 aromatic heterocycles. The molecule has 3 rings (SSSR count). The van der Waals surface area contributed by atoms with Gasteiger partial charge in [-0.15, -0.1) is 0 Å². The molecular formula is C26H26BrN3O5S. The van der Waals surface area contributed by atoms with Crippen molar-refractivity contribution in [3.8, 4) is 5.75 Å². The van der Waals surface area contributed by atoms with E-state index in [-0.39, 0.29) is 10.8 Å². The number of nitrogens with zero attached hydrogens (tertiary/aromatic N) is 1. The number of sulfonamides is 1. The number of hydrogen-bond acceptors (Lipinski definition) is 6. The van der Waals surface area contributed by atoms with Crippen LogP contribution in [0.25, 0.3) is 0 Å². The number of esters is 1. The molecule has 0 bridgehead atoms. The highest BCUT2D eigenvalue weighted by Gasteiger charge is 2.28. The second-order valence-electron chi connectivity index (χ2n) is 8.36. The van der Waals surface area contributed by atoms with E-state index in [0.29, 0.717) is 16.9 Å². The third kappa shape index (κ3) is 7.58. The summed E-state index contributed by atoms with van der Waals surface area (Å²) >= 11 is 3.32. The molecule has 0 fully saturated rings. The summed E-state index contributed by atoms with van der Waals surface area (Å²) < 4.78 is 34.1. The first-order valence-electron chi connectivity index (χ1n) is 11.0. The SMILES string of the molecule is Cc1ccc(S(=O)(=O)N[C@@H](C(=O)N/N=C\c2ccc(OC(=O)c3ccc(Br)cc3)cc2)C(C)C)cc1. The van der Waals surface area contributed by atoms with Crippen molar-refractivity contribution in [2.45, 2.75) is 31.7 Å². The fraction of sp³-hybridized carbons (Fsp3) is 0.192. The highest BCUT2D eigenvalue weighted by atomic mass is 79.9. The number of hydrogen-bond donors (Lipinski definition) is 2. The number of amides is 1. The average molecular weight is 572 g/mol. The molecule has 3 aromatic rings. The van der Waals surface area contributed by atoms with Crippen LogP contribution in [0.2, 0.25) is 0 Å². The quantitative estimate of drug-likeness (QED) is 0.171. The first kappa shape index (κ1) is 27.3. The van der Waals surface area contributed by atoms with Crippen molar-refractivity contribution >= 4 is 44.0 Å². The highest BCUT2D eigenvalue weighted by molar-refractivity contribution is 9.10. The summed E-state index contributed by atoms with van der Waals surface area (Å²) in [6.07, 6.45) is 1.41. The number of rotatable bonds is 9. The number of ether oxygens (including phenoxy) is 1. The van der Waals surface area contributed by atoms with Crippen molar-refractivity contribution in [3.05, 3.63) is 94.0 Å². The summed E-state index contributed by atoms with van der Waals surface area (Å²) in [6, 6.07) is 18.7. The van der Waals surface area contributed by atoms with Gasteiger partial charge in [-0.3, -0.25) is 4.79 Å². The van der Waals surface area contributed by atoms with E-state index in [2.05, 4.69) is 31.2 Å². The van der Waals surface area contributed by atoms with Gasteiger partial charge in [0.1, 0.15) is 11.8 Å². The van der Waals surface area contributed by atoms with Crippen molar-refractivity contribution < 1.29 is 22.7 Å². The van der Waals surface area contributed by atoms with E-state index >= 15 is 0 Å². The maximum atomic E-state index is 12.7.